The number of nitrogens with zero attached hydrogens (tertiary/aromatic N) is 2. The van der Waals surface area contributed by atoms with Crippen LogP contribution in [0.2, 0.25) is 0 Å². The largest absolute Gasteiger partial charge is 0.422 e. The standard InChI is InChI=1S/C22H20N2O4/c1-15(25)16-6-8-18(9-7-16)23-10-12-24(13-11-23)21(26)19-14-17-4-2-3-5-20(17)28-22(19)27/h2-9,14H,10-13H2,1H3. The van der Waals surface area contributed by atoms with Gasteiger partial charge in [0, 0.05) is 42.8 Å². The number of hydrogen-bond acceptors (Lipinski definition) is 5. The molecule has 0 bridgehead atoms. The van der Waals surface area contributed by atoms with E-state index < -0.39 is 5.63 Å². The summed E-state index contributed by atoms with van der Waals surface area (Å²) in [7, 11) is 0. The minimum atomic E-state index is -0.606. The summed E-state index contributed by atoms with van der Waals surface area (Å²) in [5, 5.41) is 0.731. The fourth-order valence-corrected chi connectivity index (χ4v) is 3.46. The highest BCUT2D eigenvalue weighted by Gasteiger charge is 2.25. The molecule has 0 spiro atoms. The Balaban J connectivity index is 1.47. The summed E-state index contributed by atoms with van der Waals surface area (Å²) < 4.78 is 5.28. The highest BCUT2D eigenvalue weighted by molar-refractivity contribution is 5.97. The number of anilines is 1. The van der Waals surface area contributed by atoms with Crippen molar-refractivity contribution in [3.8, 4) is 0 Å². The number of rotatable bonds is 3. The van der Waals surface area contributed by atoms with Gasteiger partial charge in [0.2, 0.25) is 0 Å². The molecule has 0 aliphatic carbocycles. The molecule has 1 saturated heterocycles. The van der Waals surface area contributed by atoms with Crippen molar-refractivity contribution in [2.24, 2.45) is 0 Å². The molecule has 0 unspecified atom stereocenters. The van der Waals surface area contributed by atoms with E-state index in [0.717, 1.165) is 11.1 Å². The average Bonchev–Trinajstić information content (AvgIpc) is 2.73. The van der Waals surface area contributed by atoms with Crippen molar-refractivity contribution in [2.75, 3.05) is 31.1 Å². The van der Waals surface area contributed by atoms with Gasteiger partial charge in [0.25, 0.3) is 5.91 Å². The molecule has 6 heteroatoms. The van der Waals surface area contributed by atoms with Crippen molar-refractivity contribution in [1.29, 1.82) is 0 Å². The molecule has 1 aliphatic heterocycles. The van der Waals surface area contributed by atoms with E-state index in [-0.39, 0.29) is 17.3 Å². The Bertz CT molecular complexity index is 1090. The maximum Gasteiger partial charge on any atom is 0.349 e. The number of carbonyl (C=O) groups excluding carboxylic acids is 2. The van der Waals surface area contributed by atoms with E-state index in [2.05, 4.69) is 4.90 Å². The molecule has 1 aliphatic rings. The molecule has 0 saturated carbocycles. The number of para-hydroxylation sites is 1. The predicted molar refractivity (Wildman–Crippen MR) is 107 cm³/mol. The molecule has 0 N–H and O–H groups in total. The van der Waals surface area contributed by atoms with Gasteiger partial charge in [-0.15, -0.1) is 0 Å². The van der Waals surface area contributed by atoms with E-state index in [0.29, 0.717) is 37.3 Å². The molecule has 0 atom stereocenters. The first kappa shape index (κ1) is 18.0. The third kappa shape index (κ3) is 3.41. The quantitative estimate of drug-likeness (QED) is 0.519. The van der Waals surface area contributed by atoms with Gasteiger partial charge in [0.1, 0.15) is 11.1 Å². The van der Waals surface area contributed by atoms with Crippen molar-refractivity contribution in [3.05, 3.63) is 76.1 Å². The lowest BCUT2D eigenvalue weighted by Gasteiger charge is -2.36. The van der Waals surface area contributed by atoms with E-state index >= 15 is 0 Å². The monoisotopic (exact) mass is 376 g/mol. The second-order valence-corrected chi connectivity index (χ2v) is 6.87. The smallest absolute Gasteiger partial charge is 0.349 e. The van der Waals surface area contributed by atoms with Gasteiger partial charge in [0.05, 0.1) is 0 Å². The zero-order chi connectivity index (χ0) is 19.7. The summed E-state index contributed by atoms with van der Waals surface area (Å²) in [5.41, 5.74) is 1.63. The van der Waals surface area contributed by atoms with Gasteiger partial charge < -0.3 is 14.2 Å². The number of Topliss-reactive ketones (excluding diaryl/α,β-unsaturated/α-hetero) is 1. The molecule has 3 aromatic rings. The SMILES string of the molecule is CC(=O)c1ccc(N2CCN(C(=O)c3cc4ccccc4oc3=O)CC2)cc1. The Hall–Kier alpha value is -3.41. The minimum Gasteiger partial charge on any atom is -0.422 e. The summed E-state index contributed by atoms with van der Waals surface area (Å²) in [6, 6.07) is 16.2. The average molecular weight is 376 g/mol. The van der Waals surface area contributed by atoms with Crippen molar-refractivity contribution >= 4 is 28.3 Å². The normalized spacial score (nSPS) is 14.3. The van der Waals surface area contributed by atoms with Crippen LogP contribution < -0.4 is 10.5 Å². The van der Waals surface area contributed by atoms with E-state index in [1.807, 2.05) is 36.4 Å². The van der Waals surface area contributed by atoms with Crippen molar-refractivity contribution in [2.45, 2.75) is 6.92 Å². The molecular weight excluding hydrogens is 356 g/mol. The van der Waals surface area contributed by atoms with Crippen LogP contribution in [0.3, 0.4) is 0 Å². The Morgan fingerprint density at radius 1 is 0.929 bits per heavy atom. The molecule has 28 heavy (non-hydrogen) atoms. The molecule has 1 amide bonds. The number of fused-ring (bicyclic) bond motifs is 1. The molecule has 1 aromatic heterocycles. The number of piperazine rings is 1. The van der Waals surface area contributed by atoms with Gasteiger partial charge in [-0.05, 0) is 43.3 Å². The zero-order valence-corrected chi connectivity index (χ0v) is 15.6. The van der Waals surface area contributed by atoms with Crippen LogP contribution in [0, 0.1) is 0 Å². The minimum absolute atomic E-state index is 0.0381. The van der Waals surface area contributed by atoms with Crippen LogP contribution in [0.1, 0.15) is 27.6 Å². The summed E-state index contributed by atoms with van der Waals surface area (Å²) in [6.45, 7) is 3.88. The summed E-state index contributed by atoms with van der Waals surface area (Å²) >= 11 is 0. The number of amides is 1. The molecule has 2 aromatic carbocycles. The number of carbonyl (C=O) groups is 2. The van der Waals surface area contributed by atoms with Crippen LogP contribution in [0.15, 0.2) is 63.8 Å². The Morgan fingerprint density at radius 3 is 2.29 bits per heavy atom. The predicted octanol–water partition coefficient (Wildman–Crippen LogP) is 2.96. The first-order valence-electron chi connectivity index (χ1n) is 9.21. The highest BCUT2D eigenvalue weighted by Crippen LogP contribution is 2.19. The highest BCUT2D eigenvalue weighted by atomic mass is 16.4. The van der Waals surface area contributed by atoms with Crippen molar-refractivity contribution < 1.29 is 14.0 Å². The summed E-state index contributed by atoms with van der Waals surface area (Å²) in [6.07, 6.45) is 0. The maximum atomic E-state index is 12.8. The Kier molecular flexibility index (Phi) is 4.69. The second kappa shape index (κ2) is 7.31. The third-order valence-electron chi connectivity index (χ3n) is 5.08. The van der Waals surface area contributed by atoms with E-state index in [1.165, 1.54) is 0 Å². The molecule has 1 fully saturated rings. The first-order chi connectivity index (χ1) is 13.5. The van der Waals surface area contributed by atoms with Gasteiger partial charge in [-0.2, -0.15) is 0 Å². The van der Waals surface area contributed by atoms with Gasteiger partial charge in [-0.25, -0.2) is 4.79 Å². The lowest BCUT2D eigenvalue weighted by molar-refractivity contribution is 0.0742. The molecule has 6 nitrogen and oxygen atoms in total. The van der Waals surface area contributed by atoms with Crippen LogP contribution >= 0.6 is 0 Å². The molecule has 142 valence electrons. The van der Waals surface area contributed by atoms with E-state index in [4.69, 9.17) is 4.42 Å². The number of benzene rings is 2. The van der Waals surface area contributed by atoms with Crippen molar-refractivity contribution in [1.82, 2.24) is 4.90 Å². The van der Waals surface area contributed by atoms with Crippen LogP contribution in [0.25, 0.3) is 11.0 Å². The first-order valence-corrected chi connectivity index (χ1v) is 9.21. The van der Waals surface area contributed by atoms with Crippen LogP contribution in [0.4, 0.5) is 5.69 Å². The Morgan fingerprint density at radius 2 is 1.61 bits per heavy atom. The second-order valence-electron chi connectivity index (χ2n) is 6.87. The van der Waals surface area contributed by atoms with Crippen LogP contribution in [0.5, 0.6) is 0 Å². The van der Waals surface area contributed by atoms with Crippen molar-refractivity contribution in [3.63, 3.8) is 0 Å². The maximum absolute atomic E-state index is 12.8. The fraction of sp³-hybridized carbons (Fsp3) is 0.227. The lowest BCUT2D eigenvalue weighted by Crippen LogP contribution is -2.49. The summed E-state index contributed by atoms with van der Waals surface area (Å²) in [5.74, 6) is -0.262. The third-order valence-corrected chi connectivity index (χ3v) is 5.08. The molecule has 4 rings (SSSR count). The van der Waals surface area contributed by atoms with E-state index in [9.17, 15) is 14.4 Å². The topological polar surface area (TPSA) is 70.8 Å². The molecule has 2 heterocycles. The van der Waals surface area contributed by atoms with Crippen LogP contribution in [-0.2, 0) is 0 Å². The molecular formula is C22H20N2O4. The van der Waals surface area contributed by atoms with E-state index in [1.54, 1.807) is 30.0 Å². The number of ketones is 1. The zero-order valence-electron chi connectivity index (χ0n) is 15.6. The van der Waals surface area contributed by atoms with Gasteiger partial charge >= 0.3 is 5.63 Å². The van der Waals surface area contributed by atoms with Gasteiger partial charge in [0.15, 0.2) is 5.78 Å². The Labute approximate surface area is 162 Å². The van der Waals surface area contributed by atoms with Crippen LogP contribution in [-0.4, -0.2) is 42.8 Å². The summed E-state index contributed by atoms with van der Waals surface area (Å²) in [4.78, 5) is 40.3. The lowest BCUT2D eigenvalue weighted by atomic mass is 10.1. The fourth-order valence-electron chi connectivity index (χ4n) is 3.46. The van der Waals surface area contributed by atoms with Gasteiger partial charge in [-0.1, -0.05) is 18.2 Å². The molecule has 0 radical (unpaired) electrons. The number of hydrogen-bond donors (Lipinski definition) is 0. The van der Waals surface area contributed by atoms with Gasteiger partial charge in [-0.3, -0.25) is 9.59 Å².